The van der Waals surface area contributed by atoms with Crippen LogP contribution in [0.5, 0.6) is 17.2 Å². The SMILES string of the molecule is Cc1c(O)cc(O)c(-c2cccc(O)c2)c1C. The van der Waals surface area contributed by atoms with Gasteiger partial charge in [-0.25, -0.2) is 0 Å². The summed E-state index contributed by atoms with van der Waals surface area (Å²) in [6.45, 7) is 3.62. The van der Waals surface area contributed by atoms with E-state index in [1.165, 1.54) is 6.07 Å². The molecule has 2 rings (SSSR count). The maximum Gasteiger partial charge on any atom is 0.127 e. The Bertz CT molecular complexity index is 574. The van der Waals surface area contributed by atoms with Crippen LogP contribution in [0.4, 0.5) is 0 Å². The molecule has 0 atom stereocenters. The summed E-state index contributed by atoms with van der Waals surface area (Å²) in [6.07, 6.45) is 0. The zero-order valence-electron chi connectivity index (χ0n) is 9.73. The summed E-state index contributed by atoms with van der Waals surface area (Å²) in [5.74, 6) is 0.229. The van der Waals surface area contributed by atoms with Crippen molar-refractivity contribution in [2.45, 2.75) is 13.8 Å². The summed E-state index contributed by atoms with van der Waals surface area (Å²) in [5, 5.41) is 28.9. The van der Waals surface area contributed by atoms with Crippen molar-refractivity contribution in [3.8, 4) is 28.4 Å². The Labute approximate surface area is 99.6 Å². The summed E-state index contributed by atoms with van der Waals surface area (Å²) < 4.78 is 0. The van der Waals surface area contributed by atoms with Crippen molar-refractivity contribution in [2.75, 3.05) is 0 Å². The molecule has 2 aromatic rings. The number of aromatic hydroxyl groups is 3. The van der Waals surface area contributed by atoms with Crippen molar-refractivity contribution >= 4 is 0 Å². The van der Waals surface area contributed by atoms with Gasteiger partial charge in [-0.3, -0.25) is 0 Å². The first-order valence-corrected chi connectivity index (χ1v) is 5.32. The molecule has 0 aliphatic carbocycles. The molecule has 3 nitrogen and oxygen atoms in total. The van der Waals surface area contributed by atoms with Crippen LogP contribution >= 0.6 is 0 Å². The van der Waals surface area contributed by atoms with Crippen molar-refractivity contribution < 1.29 is 15.3 Å². The van der Waals surface area contributed by atoms with Gasteiger partial charge in [0.15, 0.2) is 0 Å². The van der Waals surface area contributed by atoms with Crippen LogP contribution in [0, 0.1) is 13.8 Å². The predicted molar refractivity (Wildman–Crippen MR) is 66.3 cm³/mol. The van der Waals surface area contributed by atoms with Crippen molar-refractivity contribution in [2.24, 2.45) is 0 Å². The number of hydrogen-bond donors (Lipinski definition) is 3. The van der Waals surface area contributed by atoms with Crippen LogP contribution in [0.1, 0.15) is 11.1 Å². The second kappa shape index (κ2) is 4.01. The smallest absolute Gasteiger partial charge is 0.127 e. The fourth-order valence-electron chi connectivity index (χ4n) is 1.91. The maximum atomic E-state index is 9.90. The monoisotopic (exact) mass is 230 g/mol. The number of rotatable bonds is 1. The number of benzene rings is 2. The van der Waals surface area contributed by atoms with Gasteiger partial charge in [-0.2, -0.15) is 0 Å². The van der Waals surface area contributed by atoms with Crippen molar-refractivity contribution in [1.29, 1.82) is 0 Å². The minimum absolute atomic E-state index is 0.0104. The highest BCUT2D eigenvalue weighted by Crippen LogP contribution is 2.39. The first-order chi connectivity index (χ1) is 8.00. The second-order valence-electron chi connectivity index (χ2n) is 4.09. The molecule has 0 aliphatic rings. The molecule has 17 heavy (non-hydrogen) atoms. The predicted octanol–water partition coefficient (Wildman–Crippen LogP) is 3.09. The van der Waals surface area contributed by atoms with Crippen LogP contribution in [0.2, 0.25) is 0 Å². The Morgan fingerprint density at radius 3 is 2.18 bits per heavy atom. The Hall–Kier alpha value is -2.16. The van der Waals surface area contributed by atoms with Crippen LogP contribution < -0.4 is 0 Å². The fourth-order valence-corrected chi connectivity index (χ4v) is 1.91. The summed E-state index contributed by atoms with van der Waals surface area (Å²) in [6, 6.07) is 7.99. The molecule has 0 aromatic heterocycles. The zero-order chi connectivity index (χ0) is 12.6. The van der Waals surface area contributed by atoms with Crippen molar-refractivity contribution in [3.05, 3.63) is 41.5 Å². The normalized spacial score (nSPS) is 10.5. The molecule has 3 heteroatoms. The highest BCUT2D eigenvalue weighted by atomic mass is 16.3. The zero-order valence-corrected chi connectivity index (χ0v) is 9.73. The largest absolute Gasteiger partial charge is 0.508 e. The van der Waals surface area contributed by atoms with E-state index in [9.17, 15) is 15.3 Å². The maximum absolute atomic E-state index is 9.90. The third-order valence-electron chi connectivity index (χ3n) is 2.99. The molecule has 88 valence electrons. The number of phenolic OH excluding ortho intramolecular Hbond substituents is 3. The lowest BCUT2D eigenvalue weighted by Gasteiger charge is -2.13. The molecule has 0 heterocycles. The van der Waals surface area contributed by atoms with Gasteiger partial charge in [0, 0.05) is 11.6 Å². The molecule has 0 saturated carbocycles. The summed E-state index contributed by atoms with van der Waals surface area (Å²) in [7, 11) is 0. The Kier molecular flexibility index (Phi) is 2.68. The molecular formula is C14H14O3. The van der Waals surface area contributed by atoms with Gasteiger partial charge in [-0.05, 0) is 42.7 Å². The molecule has 0 saturated heterocycles. The molecule has 3 N–H and O–H groups in total. The Morgan fingerprint density at radius 1 is 0.824 bits per heavy atom. The molecule has 0 spiro atoms. The molecule has 0 bridgehead atoms. The van der Waals surface area contributed by atoms with Crippen LogP contribution in [0.15, 0.2) is 30.3 Å². The molecule has 0 aliphatic heterocycles. The van der Waals surface area contributed by atoms with Gasteiger partial charge in [-0.15, -0.1) is 0 Å². The van der Waals surface area contributed by atoms with Gasteiger partial charge < -0.3 is 15.3 Å². The van der Waals surface area contributed by atoms with Crippen LogP contribution in [0.3, 0.4) is 0 Å². The molecular weight excluding hydrogens is 216 g/mol. The fraction of sp³-hybridized carbons (Fsp3) is 0.143. The number of phenols is 3. The minimum Gasteiger partial charge on any atom is -0.508 e. The molecule has 0 fully saturated rings. The van der Waals surface area contributed by atoms with E-state index in [0.29, 0.717) is 5.56 Å². The average molecular weight is 230 g/mol. The third kappa shape index (κ3) is 1.91. The highest BCUT2D eigenvalue weighted by Gasteiger charge is 2.13. The van der Waals surface area contributed by atoms with Gasteiger partial charge in [0.25, 0.3) is 0 Å². The van der Waals surface area contributed by atoms with E-state index in [1.54, 1.807) is 31.2 Å². The van der Waals surface area contributed by atoms with E-state index in [2.05, 4.69) is 0 Å². The van der Waals surface area contributed by atoms with E-state index in [1.807, 2.05) is 6.92 Å². The van der Waals surface area contributed by atoms with Crippen molar-refractivity contribution in [1.82, 2.24) is 0 Å². The molecule has 0 amide bonds. The standard InChI is InChI=1S/C14H14O3/c1-8-9(2)14(13(17)7-12(8)16)10-4-3-5-11(15)6-10/h3-7,15-17H,1-2H3. The van der Waals surface area contributed by atoms with E-state index < -0.39 is 0 Å². The summed E-state index contributed by atoms with van der Waals surface area (Å²) in [5.41, 5.74) is 2.88. The Balaban J connectivity index is 2.72. The van der Waals surface area contributed by atoms with E-state index in [0.717, 1.165) is 16.7 Å². The third-order valence-corrected chi connectivity index (χ3v) is 2.99. The van der Waals surface area contributed by atoms with E-state index in [-0.39, 0.29) is 17.2 Å². The van der Waals surface area contributed by atoms with Crippen molar-refractivity contribution in [3.63, 3.8) is 0 Å². The summed E-state index contributed by atoms with van der Waals surface area (Å²) in [4.78, 5) is 0. The Morgan fingerprint density at radius 2 is 1.53 bits per heavy atom. The van der Waals surface area contributed by atoms with Gasteiger partial charge in [0.1, 0.15) is 17.2 Å². The molecule has 0 unspecified atom stereocenters. The second-order valence-corrected chi connectivity index (χ2v) is 4.09. The molecule has 2 aromatic carbocycles. The van der Waals surface area contributed by atoms with Crippen LogP contribution in [0.25, 0.3) is 11.1 Å². The van der Waals surface area contributed by atoms with Crippen LogP contribution in [-0.4, -0.2) is 15.3 Å². The lowest BCUT2D eigenvalue weighted by Crippen LogP contribution is -1.89. The van der Waals surface area contributed by atoms with E-state index in [4.69, 9.17) is 0 Å². The first-order valence-electron chi connectivity index (χ1n) is 5.32. The summed E-state index contributed by atoms with van der Waals surface area (Å²) >= 11 is 0. The van der Waals surface area contributed by atoms with Gasteiger partial charge in [0.2, 0.25) is 0 Å². The highest BCUT2D eigenvalue weighted by molar-refractivity contribution is 5.77. The van der Waals surface area contributed by atoms with Gasteiger partial charge in [0.05, 0.1) is 0 Å². The van der Waals surface area contributed by atoms with Crippen LogP contribution in [-0.2, 0) is 0 Å². The quantitative estimate of drug-likeness (QED) is 0.705. The minimum atomic E-state index is 0.0104. The van der Waals surface area contributed by atoms with E-state index >= 15 is 0 Å². The molecule has 0 radical (unpaired) electrons. The lowest BCUT2D eigenvalue weighted by atomic mass is 9.95. The lowest BCUT2D eigenvalue weighted by molar-refractivity contribution is 0.448. The van der Waals surface area contributed by atoms with Gasteiger partial charge >= 0.3 is 0 Å². The average Bonchev–Trinajstić information content (AvgIpc) is 2.26. The first kappa shape index (κ1) is 11.3. The number of hydrogen-bond acceptors (Lipinski definition) is 3. The topological polar surface area (TPSA) is 60.7 Å². The van der Waals surface area contributed by atoms with Gasteiger partial charge in [-0.1, -0.05) is 12.1 Å².